The number of benzene rings is 1. The second kappa shape index (κ2) is 19.4. The fourth-order valence-electron chi connectivity index (χ4n) is 5.17. The van der Waals surface area contributed by atoms with E-state index in [9.17, 15) is 19.2 Å². The molecule has 8 nitrogen and oxygen atoms in total. The lowest BCUT2D eigenvalue weighted by atomic mass is 9.98. The fourth-order valence-corrected chi connectivity index (χ4v) is 5.17. The van der Waals surface area contributed by atoms with Crippen LogP contribution in [0.5, 0.6) is 0 Å². The van der Waals surface area contributed by atoms with Crippen molar-refractivity contribution in [3.63, 3.8) is 0 Å². The number of rotatable bonds is 21. The monoisotopic (exact) mass is 559 g/mol. The third-order valence-corrected chi connectivity index (χ3v) is 7.36. The number of ether oxygens (including phenoxy) is 3. The second-order valence-corrected chi connectivity index (χ2v) is 10.4. The lowest BCUT2D eigenvalue weighted by molar-refractivity contribution is -0.154. The number of carbonyl (C=O) groups excluding carboxylic acids is 4. The molecule has 1 fully saturated rings. The highest BCUT2D eigenvalue weighted by Gasteiger charge is 2.51. The minimum Gasteiger partial charge on any atom is -0.466 e. The molecule has 0 aliphatic carbocycles. The third-order valence-electron chi connectivity index (χ3n) is 7.36. The van der Waals surface area contributed by atoms with E-state index in [0.29, 0.717) is 39.0 Å². The molecule has 0 saturated carbocycles. The molecule has 2 rings (SSSR count). The standard InChI is InChI=1S/C32H49NO7/c1-4-7-8-14-19-26(40-24-25-17-12-11-13-18-25)22-23-33-27(20-15-9-10-16-21-28(34)38-5-2)30(35)29(31(33)36)32(37)39-6-3/h11-13,17-18,26-27,29H,4-10,14-16,19-24H2,1-3H3. The third kappa shape index (κ3) is 11.4. The van der Waals surface area contributed by atoms with Crippen molar-refractivity contribution in [1.82, 2.24) is 4.90 Å². The Hall–Kier alpha value is -2.74. The molecule has 0 N–H and O–H groups in total. The van der Waals surface area contributed by atoms with Crippen molar-refractivity contribution < 1.29 is 33.4 Å². The maximum absolute atomic E-state index is 13.3. The first-order chi connectivity index (χ1) is 19.4. The van der Waals surface area contributed by atoms with Crippen molar-refractivity contribution in [2.24, 2.45) is 5.92 Å². The van der Waals surface area contributed by atoms with Crippen LogP contribution < -0.4 is 0 Å². The fraction of sp³-hybridized carbons (Fsp3) is 0.688. The smallest absolute Gasteiger partial charge is 0.326 e. The maximum atomic E-state index is 13.3. The number of carbonyl (C=O) groups is 4. The Bertz CT molecular complexity index is 904. The summed E-state index contributed by atoms with van der Waals surface area (Å²) >= 11 is 0. The molecule has 1 heterocycles. The summed E-state index contributed by atoms with van der Waals surface area (Å²) in [6.45, 7) is 6.99. The van der Waals surface area contributed by atoms with Crippen molar-refractivity contribution in [3.8, 4) is 0 Å². The Kier molecular flexibility index (Phi) is 16.2. The zero-order valence-corrected chi connectivity index (χ0v) is 24.7. The molecule has 1 aromatic carbocycles. The molecule has 3 atom stereocenters. The highest BCUT2D eigenvalue weighted by atomic mass is 16.5. The van der Waals surface area contributed by atoms with E-state index in [4.69, 9.17) is 14.2 Å². The number of esters is 2. The summed E-state index contributed by atoms with van der Waals surface area (Å²) in [6, 6.07) is 9.37. The number of likely N-dealkylation sites (tertiary alicyclic amines) is 1. The zero-order valence-electron chi connectivity index (χ0n) is 24.7. The molecule has 3 unspecified atom stereocenters. The van der Waals surface area contributed by atoms with E-state index in [0.717, 1.165) is 56.9 Å². The highest BCUT2D eigenvalue weighted by molar-refractivity contribution is 6.22. The van der Waals surface area contributed by atoms with E-state index in [-0.39, 0.29) is 24.5 Å². The predicted molar refractivity (Wildman–Crippen MR) is 153 cm³/mol. The molecule has 1 aliphatic heterocycles. The molecule has 8 heteroatoms. The first-order valence-corrected chi connectivity index (χ1v) is 15.2. The van der Waals surface area contributed by atoms with Crippen molar-refractivity contribution in [2.75, 3.05) is 19.8 Å². The molecule has 0 spiro atoms. The normalized spacial score (nSPS) is 17.7. The summed E-state index contributed by atoms with van der Waals surface area (Å²) in [7, 11) is 0. The van der Waals surface area contributed by atoms with E-state index in [2.05, 4.69) is 6.92 Å². The first-order valence-electron chi connectivity index (χ1n) is 15.2. The number of amides is 1. The lowest BCUT2D eigenvalue weighted by Crippen LogP contribution is -2.38. The molecule has 1 aromatic rings. The lowest BCUT2D eigenvalue weighted by Gasteiger charge is -2.26. The molecular weight excluding hydrogens is 510 g/mol. The van der Waals surface area contributed by atoms with Crippen molar-refractivity contribution >= 4 is 23.6 Å². The van der Waals surface area contributed by atoms with E-state index in [1.54, 1.807) is 18.7 Å². The van der Waals surface area contributed by atoms with Crippen LogP contribution in [-0.4, -0.2) is 60.4 Å². The summed E-state index contributed by atoms with van der Waals surface area (Å²) < 4.78 is 16.3. The topological polar surface area (TPSA) is 99.2 Å². The minimum atomic E-state index is -1.37. The Morgan fingerprint density at radius 3 is 2.25 bits per heavy atom. The number of Topliss-reactive ketones (excluding diaryl/α,β-unsaturated/α-hetero) is 1. The number of nitrogens with zero attached hydrogens (tertiary/aromatic N) is 1. The van der Waals surface area contributed by atoms with Crippen LogP contribution in [0.15, 0.2) is 30.3 Å². The van der Waals surface area contributed by atoms with Crippen LogP contribution in [0, 0.1) is 5.92 Å². The summed E-state index contributed by atoms with van der Waals surface area (Å²) in [6.07, 6.45) is 9.93. The quantitative estimate of drug-likeness (QED) is 0.107. The van der Waals surface area contributed by atoms with E-state index < -0.39 is 23.8 Å². The van der Waals surface area contributed by atoms with Crippen LogP contribution in [0.1, 0.15) is 103 Å². The average molecular weight is 560 g/mol. The van der Waals surface area contributed by atoms with Gasteiger partial charge in [-0.15, -0.1) is 0 Å². The first kappa shape index (κ1) is 33.5. The second-order valence-electron chi connectivity index (χ2n) is 10.4. The zero-order chi connectivity index (χ0) is 29.2. The van der Waals surface area contributed by atoms with Gasteiger partial charge in [0.25, 0.3) is 0 Å². The molecule has 1 aliphatic rings. The van der Waals surface area contributed by atoms with Crippen LogP contribution in [0.2, 0.25) is 0 Å². The van der Waals surface area contributed by atoms with E-state index in [1.807, 2.05) is 30.3 Å². The van der Waals surface area contributed by atoms with Gasteiger partial charge in [-0.1, -0.05) is 82.2 Å². The Balaban J connectivity index is 2.01. The number of unbranched alkanes of at least 4 members (excludes halogenated alkanes) is 6. The van der Waals surface area contributed by atoms with Gasteiger partial charge >= 0.3 is 11.9 Å². The van der Waals surface area contributed by atoms with E-state index >= 15 is 0 Å². The summed E-state index contributed by atoms with van der Waals surface area (Å²) in [5.41, 5.74) is 1.09. The molecule has 1 saturated heterocycles. The predicted octanol–water partition coefficient (Wildman–Crippen LogP) is 5.80. The van der Waals surface area contributed by atoms with Gasteiger partial charge in [-0.3, -0.25) is 19.2 Å². The van der Waals surface area contributed by atoms with Crippen LogP contribution >= 0.6 is 0 Å². The van der Waals surface area contributed by atoms with Crippen molar-refractivity contribution in [3.05, 3.63) is 35.9 Å². The Morgan fingerprint density at radius 1 is 0.850 bits per heavy atom. The minimum absolute atomic E-state index is 0.0508. The van der Waals surface area contributed by atoms with Gasteiger partial charge in [0.15, 0.2) is 11.7 Å². The van der Waals surface area contributed by atoms with Gasteiger partial charge in [0.05, 0.1) is 32.0 Å². The summed E-state index contributed by atoms with van der Waals surface area (Å²) in [5, 5.41) is 0. The highest BCUT2D eigenvalue weighted by Crippen LogP contribution is 2.28. The molecule has 0 radical (unpaired) electrons. The molecule has 0 bridgehead atoms. The molecular formula is C32H49NO7. The average Bonchev–Trinajstić information content (AvgIpc) is 3.18. The van der Waals surface area contributed by atoms with Gasteiger partial charge in [0, 0.05) is 13.0 Å². The number of hydrogen-bond donors (Lipinski definition) is 0. The molecule has 40 heavy (non-hydrogen) atoms. The van der Waals surface area contributed by atoms with Crippen LogP contribution in [0.3, 0.4) is 0 Å². The van der Waals surface area contributed by atoms with Crippen LogP contribution in [0.4, 0.5) is 0 Å². The van der Waals surface area contributed by atoms with Gasteiger partial charge in [-0.2, -0.15) is 0 Å². The number of ketones is 1. The molecule has 224 valence electrons. The SMILES string of the molecule is CCCCCCC(CCN1C(=O)C(C(=O)OCC)C(=O)C1CCCCCCC(=O)OCC)OCc1ccccc1. The summed E-state index contributed by atoms with van der Waals surface area (Å²) in [4.78, 5) is 52.3. The summed E-state index contributed by atoms with van der Waals surface area (Å²) in [5.74, 6) is -3.14. The van der Waals surface area contributed by atoms with Crippen molar-refractivity contribution in [1.29, 1.82) is 0 Å². The van der Waals surface area contributed by atoms with Crippen molar-refractivity contribution in [2.45, 2.75) is 117 Å². The van der Waals surface area contributed by atoms with Gasteiger partial charge < -0.3 is 19.1 Å². The van der Waals surface area contributed by atoms with Gasteiger partial charge in [0.2, 0.25) is 5.91 Å². The molecule has 0 aromatic heterocycles. The Morgan fingerprint density at radius 2 is 1.55 bits per heavy atom. The van der Waals surface area contributed by atoms with Gasteiger partial charge in [-0.05, 0) is 45.1 Å². The van der Waals surface area contributed by atoms with Crippen LogP contribution in [0.25, 0.3) is 0 Å². The van der Waals surface area contributed by atoms with Gasteiger partial charge in [0.1, 0.15) is 0 Å². The largest absolute Gasteiger partial charge is 0.466 e. The van der Waals surface area contributed by atoms with Crippen LogP contribution in [-0.2, 0) is 40.0 Å². The van der Waals surface area contributed by atoms with E-state index in [1.165, 1.54) is 6.42 Å². The number of hydrogen-bond acceptors (Lipinski definition) is 7. The molecule has 1 amide bonds. The maximum Gasteiger partial charge on any atom is 0.326 e. The van der Waals surface area contributed by atoms with Gasteiger partial charge in [-0.25, -0.2) is 0 Å². The Labute approximate surface area is 240 Å².